The molecule has 2 atom stereocenters. The minimum atomic E-state index is -0.0716. The van der Waals surface area contributed by atoms with E-state index in [2.05, 4.69) is 20.8 Å². The Hall–Kier alpha value is -1.88. The van der Waals surface area contributed by atoms with Gasteiger partial charge in [0.2, 0.25) is 0 Å². The fourth-order valence-electron chi connectivity index (χ4n) is 3.94. The lowest BCUT2D eigenvalue weighted by Crippen LogP contribution is -2.34. The summed E-state index contributed by atoms with van der Waals surface area (Å²) in [5.74, 6) is 0.696. The second kappa shape index (κ2) is 4.56. The largest absolute Gasteiger partial charge is 0.507 e. The number of rotatable bonds is 0. The highest BCUT2D eigenvalue weighted by Crippen LogP contribution is 2.52. The van der Waals surface area contributed by atoms with Crippen molar-refractivity contribution in [3.63, 3.8) is 0 Å². The molecular formula is C17H16BrNO3. The molecule has 1 unspecified atom stereocenters. The lowest BCUT2D eigenvalue weighted by molar-refractivity contribution is 0.403. The molecule has 0 fully saturated rings. The minimum Gasteiger partial charge on any atom is -0.507 e. The quantitative estimate of drug-likeness (QED) is 0.629. The van der Waals surface area contributed by atoms with E-state index in [1.807, 2.05) is 13.1 Å². The molecule has 0 radical (unpaired) electrons. The maximum absolute atomic E-state index is 9.96. The Bertz CT molecular complexity index is 790. The lowest BCUT2D eigenvalue weighted by Gasteiger charge is -2.36. The molecule has 1 aliphatic carbocycles. The predicted octanol–water partition coefficient (Wildman–Crippen LogP) is 3.32. The van der Waals surface area contributed by atoms with Crippen molar-refractivity contribution in [3.05, 3.63) is 45.4 Å². The van der Waals surface area contributed by atoms with Gasteiger partial charge >= 0.3 is 0 Å². The Labute approximate surface area is 136 Å². The van der Waals surface area contributed by atoms with Crippen LogP contribution in [0.15, 0.2) is 28.7 Å². The number of aromatic hydroxyl groups is 3. The molecule has 5 heteroatoms. The number of hydrogen-bond acceptors (Lipinski definition) is 4. The molecule has 114 valence electrons. The molecule has 0 bridgehead atoms. The topological polar surface area (TPSA) is 63.9 Å². The van der Waals surface area contributed by atoms with Gasteiger partial charge in [0.25, 0.3) is 0 Å². The van der Waals surface area contributed by atoms with Crippen molar-refractivity contribution in [1.29, 1.82) is 0 Å². The molecule has 0 saturated heterocycles. The molecule has 4 nitrogen and oxygen atoms in total. The zero-order valence-corrected chi connectivity index (χ0v) is 13.6. The number of benzene rings is 2. The van der Waals surface area contributed by atoms with Crippen molar-refractivity contribution < 1.29 is 15.3 Å². The van der Waals surface area contributed by atoms with Crippen LogP contribution in [0.1, 0.15) is 22.6 Å². The number of nitrogens with zero attached hydrogens (tertiary/aromatic N) is 1. The van der Waals surface area contributed by atoms with E-state index in [4.69, 9.17) is 0 Å². The average molecular weight is 362 g/mol. The van der Waals surface area contributed by atoms with E-state index < -0.39 is 0 Å². The first-order chi connectivity index (χ1) is 10.5. The van der Waals surface area contributed by atoms with Crippen LogP contribution in [0.3, 0.4) is 0 Å². The monoisotopic (exact) mass is 361 g/mol. The van der Waals surface area contributed by atoms with Crippen LogP contribution < -0.4 is 4.90 Å². The van der Waals surface area contributed by atoms with E-state index in [-0.39, 0.29) is 23.2 Å². The third-order valence-corrected chi connectivity index (χ3v) is 5.51. The maximum atomic E-state index is 9.96. The summed E-state index contributed by atoms with van der Waals surface area (Å²) in [6, 6.07) is 7.12. The van der Waals surface area contributed by atoms with Crippen LogP contribution in [-0.2, 0) is 6.42 Å². The summed E-state index contributed by atoms with van der Waals surface area (Å²) in [6.45, 7) is 0.884. The molecular weight excluding hydrogens is 346 g/mol. The van der Waals surface area contributed by atoms with Crippen LogP contribution in [0.2, 0.25) is 0 Å². The summed E-state index contributed by atoms with van der Waals surface area (Å²) in [7, 11) is 2.03. The molecule has 1 aliphatic heterocycles. The van der Waals surface area contributed by atoms with Gasteiger partial charge in [0.15, 0.2) is 11.5 Å². The van der Waals surface area contributed by atoms with Gasteiger partial charge in [-0.2, -0.15) is 0 Å². The predicted molar refractivity (Wildman–Crippen MR) is 87.9 cm³/mol. The summed E-state index contributed by atoms with van der Waals surface area (Å²) < 4.78 is 0.678. The molecule has 0 saturated carbocycles. The number of halogens is 1. The molecule has 0 spiro atoms. The molecule has 22 heavy (non-hydrogen) atoms. The van der Waals surface area contributed by atoms with Crippen LogP contribution in [-0.4, -0.2) is 28.9 Å². The summed E-state index contributed by atoms with van der Waals surface area (Å²) in [5, 5.41) is 29.6. The van der Waals surface area contributed by atoms with Crippen molar-refractivity contribution >= 4 is 21.6 Å². The Morgan fingerprint density at radius 3 is 2.50 bits per heavy atom. The minimum absolute atomic E-state index is 0.0575. The van der Waals surface area contributed by atoms with E-state index in [0.717, 1.165) is 35.3 Å². The Morgan fingerprint density at radius 2 is 1.73 bits per heavy atom. The highest BCUT2D eigenvalue weighted by molar-refractivity contribution is 9.10. The van der Waals surface area contributed by atoms with Crippen molar-refractivity contribution in [2.75, 3.05) is 18.5 Å². The highest BCUT2D eigenvalue weighted by Gasteiger charge is 2.40. The molecule has 2 aromatic carbocycles. The van der Waals surface area contributed by atoms with Gasteiger partial charge in [0.1, 0.15) is 5.75 Å². The SMILES string of the molecule is CN1CC2Cc3cc(O)c(O)cc3[C@@H]2c2cc(Br)c(O)cc21. The Balaban J connectivity index is 1.93. The smallest absolute Gasteiger partial charge is 0.157 e. The standard InChI is InChI=1S/C17H16BrNO3/c1-19-7-9-2-8-3-15(21)16(22)5-10(8)17(9)11-4-12(18)14(20)6-13(11)19/h3-6,9,17,20-22H,2,7H2,1H3/t9?,17-/m1/s1. The molecule has 1 heterocycles. The highest BCUT2D eigenvalue weighted by atomic mass is 79.9. The normalized spacial score (nSPS) is 22.2. The van der Waals surface area contributed by atoms with Gasteiger partial charge in [-0.15, -0.1) is 0 Å². The third kappa shape index (κ3) is 1.81. The molecule has 4 rings (SSSR count). The van der Waals surface area contributed by atoms with Crippen LogP contribution in [0.4, 0.5) is 5.69 Å². The fourth-order valence-corrected chi connectivity index (χ4v) is 4.31. The maximum Gasteiger partial charge on any atom is 0.157 e. The molecule has 2 aliphatic rings. The average Bonchev–Trinajstić information content (AvgIpc) is 2.79. The van der Waals surface area contributed by atoms with E-state index in [1.54, 1.807) is 18.2 Å². The van der Waals surface area contributed by atoms with Crippen molar-refractivity contribution in [2.45, 2.75) is 12.3 Å². The van der Waals surface area contributed by atoms with E-state index in [0.29, 0.717) is 10.4 Å². The zero-order chi connectivity index (χ0) is 15.6. The van der Waals surface area contributed by atoms with E-state index >= 15 is 0 Å². The zero-order valence-electron chi connectivity index (χ0n) is 12.0. The molecule has 0 aromatic heterocycles. The van der Waals surface area contributed by atoms with Crippen molar-refractivity contribution in [3.8, 4) is 17.2 Å². The number of anilines is 1. The first-order valence-corrected chi connectivity index (χ1v) is 8.03. The van der Waals surface area contributed by atoms with Gasteiger partial charge in [-0.1, -0.05) is 0 Å². The number of fused-ring (bicyclic) bond motifs is 5. The first kappa shape index (κ1) is 13.8. The van der Waals surface area contributed by atoms with E-state index in [1.165, 1.54) is 0 Å². The van der Waals surface area contributed by atoms with Gasteiger partial charge < -0.3 is 20.2 Å². The first-order valence-electron chi connectivity index (χ1n) is 7.24. The summed E-state index contributed by atoms with van der Waals surface area (Å²) >= 11 is 3.40. The Kier molecular flexibility index (Phi) is 2.85. The number of phenols is 3. The molecule has 3 N–H and O–H groups in total. The van der Waals surface area contributed by atoms with Crippen molar-refractivity contribution in [2.24, 2.45) is 5.92 Å². The second-order valence-corrected chi connectivity index (χ2v) is 7.08. The van der Waals surface area contributed by atoms with Crippen LogP contribution in [0.5, 0.6) is 17.2 Å². The summed E-state index contributed by atoms with van der Waals surface area (Å²) in [4.78, 5) is 2.16. The summed E-state index contributed by atoms with van der Waals surface area (Å²) in [6.07, 6.45) is 0.885. The van der Waals surface area contributed by atoms with Crippen LogP contribution in [0.25, 0.3) is 0 Å². The van der Waals surface area contributed by atoms with Crippen molar-refractivity contribution in [1.82, 2.24) is 0 Å². The number of phenolic OH excluding ortho intramolecular Hbond substituents is 3. The third-order valence-electron chi connectivity index (χ3n) is 4.88. The van der Waals surface area contributed by atoms with Gasteiger partial charge in [-0.25, -0.2) is 0 Å². The van der Waals surface area contributed by atoms with Gasteiger partial charge in [0, 0.05) is 31.3 Å². The number of hydrogen-bond donors (Lipinski definition) is 3. The summed E-state index contributed by atoms with van der Waals surface area (Å²) in [5.41, 5.74) is 4.33. The van der Waals surface area contributed by atoms with Gasteiger partial charge in [-0.3, -0.25) is 0 Å². The Morgan fingerprint density at radius 1 is 1.00 bits per heavy atom. The van der Waals surface area contributed by atoms with Crippen LogP contribution in [0, 0.1) is 5.92 Å². The van der Waals surface area contributed by atoms with Gasteiger partial charge in [-0.05, 0) is 63.2 Å². The van der Waals surface area contributed by atoms with E-state index in [9.17, 15) is 15.3 Å². The molecule has 2 aromatic rings. The fraction of sp³-hybridized carbons (Fsp3) is 0.294. The second-order valence-electron chi connectivity index (χ2n) is 6.22. The lowest BCUT2D eigenvalue weighted by atomic mass is 9.81. The van der Waals surface area contributed by atoms with Gasteiger partial charge in [0.05, 0.1) is 4.47 Å². The van der Waals surface area contributed by atoms with Crippen LogP contribution >= 0.6 is 15.9 Å². The molecule has 0 amide bonds.